The molecule has 0 spiro atoms. The van der Waals surface area contributed by atoms with Crippen molar-refractivity contribution in [3.63, 3.8) is 0 Å². The van der Waals surface area contributed by atoms with Crippen molar-refractivity contribution in [1.82, 2.24) is 9.97 Å². The number of nitrogens with zero attached hydrogens (tertiary/aromatic N) is 2. The Labute approximate surface area is 172 Å². The fourth-order valence-electron chi connectivity index (χ4n) is 4.30. The molecule has 0 bridgehead atoms. The monoisotopic (exact) mass is 376 g/mol. The molecule has 2 nitrogen and oxygen atoms in total. The molecule has 0 amide bonds. The molecule has 3 aromatic carbocycles. The molecular weight excluding hydrogens is 352 g/mol. The average Bonchev–Trinajstić information content (AvgIpc) is 2.80. The summed E-state index contributed by atoms with van der Waals surface area (Å²) in [5, 5.41) is 0. The van der Waals surface area contributed by atoms with Crippen molar-refractivity contribution in [1.29, 1.82) is 0 Å². The molecule has 1 atom stereocenters. The van der Waals surface area contributed by atoms with E-state index in [4.69, 9.17) is 9.97 Å². The highest BCUT2D eigenvalue weighted by Crippen LogP contribution is 2.33. The molecule has 4 aromatic rings. The van der Waals surface area contributed by atoms with Crippen LogP contribution in [0.25, 0.3) is 22.5 Å². The van der Waals surface area contributed by atoms with E-state index < -0.39 is 0 Å². The van der Waals surface area contributed by atoms with Crippen LogP contribution in [0.1, 0.15) is 23.4 Å². The first-order valence-electron chi connectivity index (χ1n) is 10.4. The molecule has 5 rings (SSSR count). The van der Waals surface area contributed by atoms with Gasteiger partial charge in [0.05, 0.1) is 22.8 Å². The Balaban J connectivity index is 1.53. The standard InChI is InChI=1S/C27H24N2/c1-4-10-20(11-5-1)18-21-16-17-24-25(19-21)29-27(23-14-8-3-9-15-23)26(28-24)22-12-6-2-7-13-22/h1-15,21H,16-19H2. The Hall–Kier alpha value is -3.26. The molecule has 0 radical (unpaired) electrons. The van der Waals surface area contributed by atoms with Crippen LogP contribution < -0.4 is 0 Å². The van der Waals surface area contributed by atoms with Crippen molar-refractivity contribution in [2.75, 3.05) is 0 Å². The van der Waals surface area contributed by atoms with E-state index in [1.54, 1.807) is 0 Å². The van der Waals surface area contributed by atoms with Gasteiger partial charge >= 0.3 is 0 Å². The third-order valence-electron chi connectivity index (χ3n) is 5.78. The fourth-order valence-corrected chi connectivity index (χ4v) is 4.30. The van der Waals surface area contributed by atoms with Crippen molar-refractivity contribution in [2.24, 2.45) is 5.92 Å². The van der Waals surface area contributed by atoms with Crippen molar-refractivity contribution in [2.45, 2.75) is 25.7 Å². The quantitative estimate of drug-likeness (QED) is 0.426. The minimum Gasteiger partial charge on any atom is -0.249 e. The average molecular weight is 377 g/mol. The maximum atomic E-state index is 5.19. The van der Waals surface area contributed by atoms with Gasteiger partial charge in [-0.15, -0.1) is 0 Å². The van der Waals surface area contributed by atoms with E-state index in [1.165, 1.54) is 23.4 Å². The van der Waals surface area contributed by atoms with Gasteiger partial charge in [0.15, 0.2) is 0 Å². The van der Waals surface area contributed by atoms with Crippen LogP contribution in [0, 0.1) is 5.92 Å². The summed E-state index contributed by atoms with van der Waals surface area (Å²) in [6, 6.07) is 31.7. The predicted molar refractivity (Wildman–Crippen MR) is 119 cm³/mol. The van der Waals surface area contributed by atoms with Gasteiger partial charge in [-0.1, -0.05) is 91.0 Å². The number of rotatable bonds is 4. The summed E-state index contributed by atoms with van der Waals surface area (Å²) in [6.07, 6.45) is 4.30. The van der Waals surface area contributed by atoms with Crippen molar-refractivity contribution >= 4 is 0 Å². The summed E-state index contributed by atoms with van der Waals surface area (Å²) in [5.41, 5.74) is 8.02. The van der Waals surface area contributed by atoms with Gasteiger partial charge in [-0.2, -0.15) is 0 Å². The molecule has 1 aromatic heterocycles. The highest BCUT2D eigenvalue weighted by atomic mass is 14.9. The Bertz CT molecular complexity index is 1090. The zero-order chi connectivity index (χ0) is 19.5. The maximum absolute atomic E-state index is 5.19. The van der Waals surface area contributed by atoms with Crippen LogP contribution in [0.3, 0.4) is 0 Å². The Morgan fingerprint density at radius 2 is 1.14 bits per heavy atom. The highest BCUT2D eigenvalue weighted by Gasteiger charge is 2.24. The first kappa shape index (κ1) is 17.8. The van der Waals surface area contributed by atoms with Gasteiger partial charge in [-0.05, 0) is 37.2 Å². The summed E-state index contributed by atoms with van der Waals surface area (Å²) in [5.74, 6) is 0.630. The van der Waals surface area contributed by atoms with E-state index in [0.29, 0.717) is 5.92 Å². The Morgan fingerprint density at radius 3 is 1.72 bits per heavy atom. The zero-order valence-electron chi connectivity index (χ0n) is 16.5. The molecule has 1 unspecified atom stereocenters. The summed E-state index contributed by atoms with van der Waals surface area (Å²) < 4.78 is 0. The molecule has 0 N–H and O–H groups in total. The summed E-state index contributed by atoms with van der Waals surface area (Å²) in [7, 11) is 0. The number of benzene rings is 3. The van der Waals surface area contributed by atoms with Gasteiger partial charge in [0.1, 0.15) is 0 Å². The predicted octanol–water partition coefficient (Wildman–Crippen LogP) is 6.16. The molecular formula is C27H24N2. The summed E-state index contributed by atoms with van der Waals surface area (Å²) in [6.45, 7) is 0. The van der Waals surface area contributed by atoms with Crippen LogP contribution in [0.2, 0.25) is 0 Å². The van der Waals surface area contributed by atoms with Gasteiger partial charge in [0.25, 0.3) is 0 Å². The van der Waals surface area contributed by atoms with E-state index in [0.717, 1.165) is 41.8 Å². The number of aromatic nitrogens is 2. The lowest BCUT2D eigenvalue weighted by Gasteiger charge is -2.25. The minimum atomic E-state index is 0.630. The summed E-state index contributed by atoms with van der Waals surface area (Å²) >= 11 is 0. The van der Waals surface area contributed by atoms with E-state index in [9.17, 15) is 0 Å². The molecule has 1 aliphatic carbocycles. The van der Waals surface area contributed by atoms with Crippen LogP contribution >= 0.6 is 0 Å². The lowest BCUT2D eigenvalue weighted by atomic mass is 9.84. The third kappa shape index (κ3) is 3.84. The topological polar surface area (TPSA) is 25.8 Å². The number of fused-ring (bicyclic) bond motifs is 1. The maximum Gasteiger partial charge on any atom is 0.0968 e. The smallest absolute Gasteiger partial charge is 0.0968 e. The molecule has 1 aliphatic rings. The van der Waals surface area contributed by atoms with Crippen LogP contribution in [0.15, 0.2) is 91.0 Å². The molecule has 0 fully saturated rings. The van der Waals surface area contributed by atoms with Crippen LogP contribution in [0.4, 0.5) is 0 Å². The second-order valence-corrected chi connectivity index (χ2v) is 7.84. The van der Waals surface area contributed by atoms with Crippen LogP contribution in [-0.2, 0) is 19.3 Å². The van der Waals surface area contributed by atoms with E-state index >= 15 is 0 Å². The second kappa shape index (κ2) is 8.00. The first-order chi connectivity index (χ1) is 14.4. The zero-order valence-corrected chi connectivity index (χ0v) is 16.5. The molecule has 29 heavy (non-hydrogen) atoms. The molecule has 2 heteroatoms. The van der Waals surface area contributed by atoms with Gasteiger partial charge in [0.2, 0.25) is 0 Å². The largest absolute Gasteiger partial charge is 0.249 e. The first-order valence-corrected chi connectivity index (χ1v) is 10.4. The van der Waals surface area contributed by atoms with E-state index in [-0.39, 0.29) is 0 Å². The van der Waals surface area contributed by atoms with Crippen molar-refractivity contribution in [3.8, 4) is 22.5 Å². The lowest BCUT2D eigenvalue weighted by molar-refractivity contribution is 0.443. The lowest BCUT2D eigenvalue weighted by Crippen LogP contribution is -2.20. The highest BCUT2D eigenvalue weighted by molar-refractivity contribution is 5.78. The third-order valence-corrected chi connectivity index (χ3v) is 5.78. The van der Waals surface area contributed by atoms with Crippen molar-refractivity contribution < 1.29 is 0 Å². The summed E-state index contributed by atoms with van der Waals surface area (Å²) in [4.78, 5) is 10.3. The van der Waals surface area contributed by atoms with Gasteiger partial charge in [0, 0.05) is 11.1 Å². The fraction of sp³-hybridized carbons (Fsp3) is 0.185. The van der Waals surface area contributed by atoms with E-state index in [2.05, 4.69) is 78.9 Å². The Kier molecular flexibility index (Phi) is 4.92. The molecule has 0 saturated heterocycles. The van der Waals surface area contributed by atoms with Crippen molar-refractivity contribution in [3.05, 3.63) is 108 Å². The molecule has 142 valence electrons. The number of hydrogen-bond donors (Lipinski definition) is 0. The van der Waals surface area contributed by atoms with Crippen LogP contribution in [-0.4, -0.2) is 9.97 Å². The van der Waals surface area contributed by atoms with Gasteiger partial charge < -0.3 is 0 Å². The molecule has 1 heterocycles. The number of hydrogen-bond acceptors (Lipinski definition) is 2. The van der Waals surface area contributed by atoms with Gasteiger partial charge in [-0.25, -0.2) is 9.97 Å². The van der Waals surface area contributed by atoms with Gasteiger partial charge in [-0.3, -0.25) is 0 Å². The molecule has 0 saturated carbocycles. The number of aryl methyl sites for hydroxylation is 1. The SMILES string of the molecule is c1ccc(CC2CCc3nc(-c4ccccc4)c(-c4ccccc4)nc3C2)cc1. The second-order valence-electron chi connectivity index (χ2n) is 7.84. The minimum absolute atomic E-state index is 0.630. The van der Waals surface area contributed by atoms with Crippen LogP contribution in [0.5, 0.6) is 0 Å². The molecule has 0 aliphatic heterocycles. The normalized spacial score (nSPS) is 15.7. The Morgan fingerprint density at radius 1 is 0.621 bits per heavy atom. The van der Waals surface area contributed by atoms with E-state index in [1.807, 2.05) is 12.1 Å².